The zero-order chi connectivity index (χ0) is 9.10. The van der Waals surface area contributed by atoms with E-state index < -0.39 is 0 Å². The van der Waals surface area contributed by atoms with Crippen LogP contribution in [0.15, 0.2) is 24.3 Å². The molecule has 1 saturated heterocycles. The van der Waals surface area contributed by atoms with Gasteiger partial charge in [-0.05, 0) is 43.0 Å². The molecule has 1 atom stereocenters. The van der Waals surface area contributed by atoms with E-state index in [9.17, 15) is 4.39 Å². The first kappa shape index (κ1) is 8.70. The van der Waals surface area contributed by atoms with Gasteiger partial charge in [0.1, 0.15) is 5.82 Å². The summed E-state index contributed by atoms with van der Waals surface area (Å²) in [4.78, 5) is 0. The second kappa shape index (κ2) is 3.88. The van der Waals surface area contributed by atoms with Crippen molar-refractivity contribution < 1.29 is 4.39 Å². The predicted molar refractivity (Wildman–Crippen MR) is 51.2 cm³/mol. The molecule has 1 aromatic carbocycles. The molecule has 1 aliphatic heterocycles. The van der Waals surface area contributed by atoms with Crippen LogP contribution in [0.1, 0.15) is 24.3 Å². The summed E-state index contributed by atoms with van der Waals surface area (Å²) in [5, 5.41) is 3.35. The van der Waals surface area contributed by atoms with E-state index in [0.717, 1.165) is 13.1 Å². The van der Waals surface area contributed by atoms with Gasteiger partial charge in [-0.25, -0.2) is 4.39 Å². The van der Waals surface area contributed by atoms with Crippen LogP contribution in [-0.2, 0) is 0 Å². The first-order chi connectivity index (χ1) is 6.36. The van der Waals surface area contributed by atoms with E-state index >= 15 is 0 Å². The van der Waals surface area contributed by atoms with Crippen LogP contribution >= 0.6 is 0 Å². The first-order valence-electron chi connectivity index (χ1n) is 4.82. The van der Waals surface area contributed by atoms with Gasteiger partial charge in [-0.15, -0.1) is 0 Å². The normalized spacial score (nSPS) is 23.0. The monoisotopic (exact) mass is 179 g/mol. The highest BCUT2D eigenvalue weighted by Gasteiger charge is 2.14. The summed E-state index contributed by atoms with van der Waals surface area (Å²) in [5.74, 6) is 0.432. The average Bonchev–Trinajstić information content (AvgIpc) is 2.20. The molecule has 1 heterocycles. The van der Waals surface area contributed by atoms with Gasteiger partial charge < -0.3 is 5.32 Å². The topological polar surface area (TPSA) is 12.0 Å². The highest BCUT2D eigenvalue weighted by atomic mass is 19.1. The standard InChI is InChI=1S/C11H14FN/c12-11-5-3-9(4-6-11)10-2-1-7-13-8-10/h3-6,10,13H,1-2,7-8H2. The number of benzene rings is 1. The SMILES string of the molecule is Fc1ccc(C2CCCNC2)cc1. The van der Waals surface area contributed by atoms with Gasteiger partial charge in [-0.2, -0.15) is 0 Å². The average molecular weight is 179 g/mol. The Labute approximate surface area is 78.0 Å². The van der Waals surface area contributed by atoms with Crippen molar-refractivity contribution >= 4 is 0 Å². The van der Waals surface area contributed by atoms with E-state index in [0.29, 0.717) is 5.92 Å². The van der Waals surface area contributed by atoms with Gasteiger partial charge in [-0.1, -0.05) is 12.1 Å². The summed E-state index contributed by atoms with van der Waals surface area (Å²) in [6.07, 6.45) is 2.45. The summed E-state index contributed by atoms with van der Waals surface area (Å²) in [6, 6.07) is 6.88. The molecule has 0 aliphatic carbocycles. The van der Waals surface area contributed by atoms with E-state index in [1.54, 1.807) is 12.1 Å². The second-order valence-electron chi connectivity index (χ2n) is 3.59. The van der Waals surface area contributed by atoms with Crippen LogP contribution in [0.4, 0.5) is 4.39 Å². The fourth-order valence-corrected chi connectivity index (χ4v) is 1.87. The molecule has 1 aliphatic rings. The van der Waals surface area contributed by atoms with Gasteiger partial charge in [0.15, 0.2) is 0 Å². The summed E-state index contributed by atoms with van der Waals surface area (Å²) in [7, 11) is 0. The van der Waals surface area contributed by atoms with Crippen molar-refractivity contribution in [2.45, 2.75) is 18.8 Å². The van der Waals surface area contributed by atoms with E-state index in [4.69, 9.17) is 0 Å². The van der Waals surface area contributed by atoms with Gasteiger partial charge >= 0.3 is 0 Å². The quantitative estimate of drug-likeness (QED) is 0.697. The van der Waals surface area contributed by atoms with Crippen LogP contribution in [0.2, 0.25) is 0 Å². The van der Waals surface area contributed by atoms with E-state index in [2.05, 4.69) is 5.32 Å². The molecule has 13 heavy (non-hydrogen) atoms. The Morgan fingerprint density at radius 2 is 2.00 bits per heavy atom. The van der Waals surface area contributed by atoms with Crippen molar-refractivity contribution in [2.75, 3.05) is 13.1 Å². The maximum atomic E-state index is 12.6. The lowest BCUT2D eigenvalue weighted by Gasteiger charge is -2.22. The molecule has 2 heteroatoms. The number of nitrogens with one attached hydrogen (secondary N) is 1. The van der Waals surface area contributed by atoms with Crippen molar-refractivity contribution in [3.8, 4) is 0 Å². The van der Waals surface area contributed by atoms with Crippen LogP contribution < -0.4 is 5.32 Å². The zero-order valence-corrected chi connectivity index (χ0v) is 7.59. The second-order valence-corrected chi connectivity index (χ2v) is 3.59. The third-order valence-corrected chi connectivity index (χ3v) is 2.64. The van der Waals surface area contributed by atoms with Gasteiger partial charge in [0, 0.05) is 6.54 Å². The van der Waals surface area contributed by atoms with Gasteiger partial charge in [-0.3, -0.25) is 0 Å². The molecule has 1 fully saturated rings. The molecule has 1 nitrogen and oxygen atoms in total. The molecule has 0 spiro atoms. The van der Waals surface area contributed by atoms with Crippen LogP contribution in [-0.4, -0.2) is 13.1 Å². The number of hydrogen-bond donors (Lipinski definition) is 1. The minimum absolute atomic E-state index is 0.146. The first-order valence-corrected chi connectivity index (χ1v) is 4.82. The molecular formula is C11H14FN. The highest BCUT2D eigenvalue weighted by molar-refractivity contribution is 5.21. The smallest absolute Gasteiger partial charge is 0.123 e. The third-order valence-electron chi connectivity index (χ3n) is 2.64. The summed E-state index contributed by atoms with van der Waals surface area (Å²) in [5.41, 5.74) is 1.26. The van der Waals surface area contributed by atoms with Crippen LogP contribution in [0.25, 0.3) is 0 Å². The van der Waals surface area contributed by atoms with Gasteiger partial charge in [0.2, 0.25) is 0 Å². The maximum Gasteiger partial charge on any atom is 0.123 e. The molecule has 0 bridgehead atoms. The van der Waals surface area contributed by atoms with E-state index in [-0.39, 0.29) is 5.82 Å². The Hall–Kier alpha value is -0.890. The van der Waals surface area contributed by atoms with E-state index in [1.807, 2.05) is 12.1 Å². The summed E-state index contributed by atoms with van der Waals surface area (Å²) < 4.78 is 12.6. The molecule has 1 aromatic rings. The molecule has 0 amide bonds. The lowest BCUT2D eigenvalue weighted by Crippen LogP contribution is -2.28. The number of piperidine rings is 1. The minimum Gasteiger partial charge on any atom is -0.316 e. The molecule has 0 radical (unpaired) electrons. The van der Waals surface area contributed by atoms with Crippen molar-refractivity contribution in [3.05, 3.63) is 35.6 Å². The highest BCUT2D eigenvalue weighted by Crippen LogP contribution is 2.22. The van der Waals surface area contributed by atoms with Crippen LogP contribution in [0.3, 0.4) is 0 Å². The van der Waals surface area contributed by atoms with E-state index in [1.165, 1.54) is 18.4 Å². The fraction of sp³-hybridized carbons (Fsp3) is 0.455. The zero-order valence-electron chi connectivity index (χ0n) is 7.59. The predicted octanol–water partition coefficient (Wildman–Crippen LogP) is 2.29. The molecular weight excluding hydrogens is 165 g/mol. The molecule has 1 unspecified atom stereocenters. The molecule has 0 aromatic heterocycles. The van der Waals surface area contributed by atoms with Crippen molar-refractivity contribution in [3.63, 3.8) is 0 Å². The minimum atomic E-state index is -0.146. The summed E-state index contributed by atoms with van der Waals surface area (Å²) in [6.45, 7) is 2.16. The Kier molecular flexibility index (Phi) is 2.60. The number of hydrogen-bond acceptors (Lipinski definition) is 1. The molecule has 70 valence electrons. The lowest BCUT2D eigenvalue weighted by atomic mass is 9.92. The Bertz CT molecular complexity index is 262. The Balaban J connectivity index is 2.10. The number of rotatable bonds is 1. The van der Waals surface area contributed by atoms with Crippen molar-refractivity contribution in [2.24, 2.45) is 0 Å². The largest absolute Gasteiger partial charge is 0.316 e. The fourth-order valence-electron chi connectivity index (χ4n) is 1.87. The third kappa shape index (κ3) is 2.07. The molecule has 1 N–H and O–H groups in total. The van der Waals surface area contributed by atoms with Crippen molar-refractivity contribution in [1.29, 1.82) is 0 Å². The molecule has 0 saturated carbocycles. The Morgan fingerprint density at radius 1 is 1.23 bits per heavy atom. The lowest BCUT2D eigenvalue weighted by molar-refractivity contribution is 0.461. The Morgan fingerprint density at radius 3 is 2.62 bits per heavy atom. The van der Waals surface area contributed by atoms with Gasteiger partial charge in [0.05, 0.1) is 0 Å². The number of halogens is 1. The van der Waals surface area contributed by atoms with Gasteiger partial charge in [0.25, 0.3) is 0 Å². The van der Waals surface area contributed by atoms with Crippen LogP contribution in [0.5, 0.6) is 0 Å². The van der Waals surface area contributed by atoms with Crippen molar-refractivity contribution in [1.82, 2.24) is 5.32 Å². The molecule has 2 rings (SSSR count). The van der Waals surface area contributed by atoms with Crippen LogP contribution in [0, 0.1) is 5.82 Å². The maximum absolute atomic E-state index is 12.6. The summed E-state index contributed by atoms with van der Waals surface area (Å²) >= 11 is 0.